The molecule has 1 fully saturated rings. The van der Waals surface area contributed by atoms with Crippen LogP contribution < -0.4 is 19.7 Å². The Morgan fingerprint density at radius 1 is 1.25 bits per heavy atom. The van der Waals surface area contributed by atoms with Crippen LogP contribution in [0.1, 0.15) is 18.4 Å². The first kappa shape index (κ1) is 19.7. The summed E-state index contributed by atoms with van der Waals surface area (Å²) in [7, 11) is 5.43. The van der Waals surface area contributed by atoms with Crippen molar-refractivity contribution in [2.24, 2.45) is 0 Å². The van der Waals surface area contributed by atoms with Crippen LogP contribution in [-0.4, -0.2) is 61.3 Å². The first-order valence-electron chi connectivity index (χ1n) is 9.37. The van der Waals surface area contributed by atoms with Crippen LogP contribution in [0.5, 0.6) is 11.6 Å². The third kappa shape index (κ3) is 5.03. The number of hydrogen-bond acceptors (Lipinski definition) is 6. The van der Waals surface area contributed by atoms with E-state index in [1.165, 1.54) is 0 Å². The monoisotopic (exact) mass is 385 g/mol. The van der Waals surface area contributed by atoms with Crippen LogP contribution in [-0.2, 0) is 6.54 Å². The standard InChI is InChI=1S/C20H27N5O3/c1-24(2)18-19(22-11-10-21-18)28-17-5-4-12-25(14-17)20(26)23-13-15-6-8-16(27-3)9-7-15/h6-11,17H,4-5,12-14H2,1-3H3,(H,23,26). The number of likely N-dealkylation sites (tertiary alicyclic amines) is 1. The molecule has 28 heavy (non-hydrogen) atoms. The fourth-order valence-electron chi connectivity index (χ4n) is 3.12. The maximum Gasteiger partial charge on any atom is 0.317 e. The lowest BCUT2D eigenvalue weighted by molar-refractivity contribution is 0.0978. The van der Waals surface area contributed by atoms with Crippen LogP contribution in [0.15, 0.2) is 36.7 Å². The number of benzene rings is 1. The van der Waals surface area contributed by atoms with E-state index in [-0.39, 0.29) is 12.1 Å². The van der Waals surface area contributed by atoms with Crippen molar-refractivity contribution in [2.45, 2.75) is 25.5 Å². The number of rotatable bonds is 6. The van der Waals surface area contributed by atoms with Gasteiger partial charge < -0.3 is 24.6 Å². The molecule has 1 unspecified atom stereocenters. The van der Waals surface area contributed by atoms with Crippen LogP contribution in [0.25, 0.3) is 0 Å². The molecule has 2 amide bonds. The molecule has 8 nitrogen and oxygen atoms in total. The Hall–Kier alpha value is -3.03. The van der Waals surface area contributed by atoms with Crippen molar-refractivity contribution in [3.63, 3.8) is 0 Å². The zero-order valence-corrected chi connectivity index (χ0v) is 16.6. The minimum atomic E-state index is -0.101. The van der Waals surface area contributed by atoms with E-state index in [9.17, 15) is 4.79 Å². The summed E-state index contributed by atoms with van der Waals surface area (Å²) in [6, 6.07) is 7.57. The van der Waals surface area contributed by atoms with E-state index in [0.717, 1.165) is 30.7 Å². The number of aromatic nitrogens is 2. The van der Waals surface area contributed by atoms with Gasteiger partial charge in [0.05, 0.1) is 13.7 Å². The van der Waals surface area contributed by atoms with Crippen molar-refractivity contribution in [3.8, 4) is 11.6 Å². The van der Waals surface area contributed by atoms with Crippen LogP contribution >= 0.6 is 0 Å². The second-order valence-electron chi connectivity index (χ2n) is 6.91. The fraction of sp³-hybridized carbons (Fsp3) is 0.450. The number of carbonyl (C=O) groups excluding carboxylic acids is 1. The third-order valence-corrected chi connectivity index (χ3v) is 4.62. The van der Waals surface area contributed by atoms with Crippen molar-refractivity contribution in [1.29, 1.82) is 0 Å². The quantitative estimate of drug-likeness (QED) is 0.822. The summed E-state index contributed by atoms with van der Waals surface area (Å²) in [5.74, 6) is 1.98. The van der Waals surface area contributed by atoms with E-state index in [1.54, 1.807) is 24.4 Å². The predicted octanol–water partition coefficient (Wildman–Crippen LogP) is 2.30. The van der Waals surface area contributed by atoms with Gasteiger partial charge >= 0.3 is 6.03 Å². The maximum absolute atomic E-state index is 12.6. The molecule has 1 aromatic heterocycles. The highest BCUT2D eigenvalue weighted by atomic mass is 16.5. The Labute approximate surface area is 165 Å². The molecule has 1 aliphatic heterocycles. The maximum atomic E-state index is 12.6. The molecule has 1 N–H and O–H groups in total. The van der Waals surface area contributed by atoms with E-state index in [4.69, 9.17) is 9.47 Å². The molecular formula is C20H27N5O3. The molecule has 8 heteroatoms. The fourth-order valence-corrected chi connectivity index (χ4v) is 3.12. The van der Waals surface area contributed by atoms with E-state index in [2.05, 4.69) is 15.3 Å². The van der Waals surface area contributed by atoms with Gasteiger partial charge in [-0.25, -0.2) is 14.8 Å². The minimum Gasteiger partial charge on any atom is -0.497 e. The second kappa shape index (κ2) is 9.25. The summed E-state index contributed by atoms with van der Waals surface area (Å²) >= 11 is 0. The van der Waals surface area contributed by atoms with E-state index in [0.29, 0.717) is 24.8 Å². The number of amides is 2. The summed E-state index contributed by atoms with van der Waals surface area (Å²) in [5.41, 5.74) is 1.02. The molecule has 2 aromatic rings. The number of nitrogens with zero attached hydrogens (tertiary/aromatic N) is 4. The smallest absolute Gasteiger partial charge is 0.317 e. The van der Waals surface area contributed by atoms with E-state index >= 15 is 0 Å². The van der Waals surface area contributed by atoms with Crippen LogP contribution in [0.4, 0.5) is 10.6 Å². The molecular weight excluding hydrogens is 358 g/mol. The van der Waals surface area contributed by atoms with Gasteiger partial charge in [-0.05, 0) is 30.5 Å². The van der Waals surface area contributed by atoms with E-state index < -0.39 is 0 Å². The van der Waals surface area contributed by atoms with Crippen molar-refractivity contribution in [1.82, 2.24) is 20.2 Å². The van der Waals surface area contributed by atoms with Gasteiger partial charge in [-0.15, -0.1) is 0 Å². The molecule has 0 bridgehead atoms. The number of ether oxygens (including phenoxy) is 2. The molecule has 2 heterocycles. The van der Waals surface area contributed by atoms with Gasteiger partial charge in [-0.1, -0.05) is 12.1 Å². The van der Waals surface area contributed by atoms with Gasteiger partial charge in [-0.3, -0.25) is 0 Å². The highest BCUT2D eigenvalue weighted by Crippen LogP contribution is 2.24. The number of hydrogen-bond donors (Lipinski definition) is 1. The van der Waals surface area contributed by atoms with Gasteiger partial charge in [-0.2, -0.15) is 0 Å². The first-order valence-corrected chi connectivity index (χ1v) is 9.37. The summed E-state index contributed by atoms with van der Waals surface area (Å²) in [6.07, 6.45) is 4.92. The summed E-state index contributed by atoms with van der Waals surface area (Å²) in [5, 5.41) is 2.97. The Morgan fingerprint density at radius 3 is 2.71 bits per heavy atom. The van der Waals surface area contributed by atoms with Crippen molar-refractivity contribution in [2.75, 3.05) is 39.2 Å². The van der Waals surface area contributed by atoms with Gasteiger partial charge in [0.25, 0.3) is 5.88 Å². The third-order valence-electron chi connectivity index (χ3n) is 4.62. The zero-order chi connectivity index (χ0) is 19.9. The Balaban J connectivity index is 1.54. The molecule has 1 aliphatic rings. The van der Waals surface area contributed by atoms with Crippen molar-refractivity contribution in [3.05, 3.63) is 42.2 Å². The lowest BCUT2D eigenvalue weighted by Gasteiger charge is -2.33. The molecule has 0 spiro atoms. The lowest BCUT2D eigenvalue weighted by Crippen LogP contribution is -2.48. The Bertz CT molecular complexity index is 782. The molecule has 1 atom stereocenters. The van der Waals surface area contributed by atoms with Crippen LogP contribution in [0, 0.1) is 0 Å². The van der Waals surface area contributed by atoms with Gasteiger partial charge in [0.2, 0.25) is 0 Å². The summed E-state index contributed by atoms with van der Waals surface area (Å²) < 4.78 is 11.2. The lowest BCUT2D eigenvalue weighted by atomic mass is 10.1. The van der Waals surface area contributed by atoms with Crippen LogP contribution in [0.2, 0.25) is 0 Å². The average Bonchev–Trinajstić information content (AvgIpc) is 2.73. The normalized spacial score (nSPS) is 16.4. The first-order chi connectivity index (χ1) is 13.6. The highest BCUT2D eigenvalue weighted by Gasteiger charge is 2.26. The van der Waals surface area contributed by atoms with Gasteiger partial charge in [0.15, 0.2) is 5.82 Å². The highest BCUT2D eigenvalue weighted by molar-refractivity contribution is 5.74. The largest absolute Gasteiger partial charge is 0.497 e. The number of urea groups is 1. The predicted molar refractivity (Wildman–Crippen MR) is 107 cm³/mol. The van der Waals surface area contributed by atoms with Gasteiger partial charge in [0, 0.05) is 39.6 Å². The van der Waals surface area contributed by atoms with Crippen molar-refractivity contribution >= 4 is 11.8 Å². The number of methoxy groups -OCH3 is 1. The van der Waals surface area contributed by atoms with Gasteiger partial charge in [0.1, 0.15) is 11.9 Å². The Morgan fingerprint density at radius 2 is 2.00 bits per heavy atom. The second-order valence-corrected chi connectivity index (χ2v) is 6.91. The molecule has 1 aromatic carbocycles. The average molecular weight is 385 g/mol. The van der Waals surface area contributed by atoms with Crippen LogP contribution in [0.3, 0.4) is 0 Å². The zero-order valence-electron chi connectivity index (χ0n) is 16.6. The number of carbonyl (C=O) groups is 1. The Kier molecular flexibility index (Phi) is 6.52. The van der Waals surface area contributed by atoms with Crippen molar-refractivity contribution < 1.29 is 14.3 Å². The molecule has 3 rings (SSSR count). The van der Waals surface area contributed by atoms with E-state index in [1.807, 2.05) is 43.3 Å². The molecule has 1 saturated heterocycles. The number of anilines is 1. The topological polar surface area (TPSA) is 79.8 Å². The minimum absolute atomic E-state index is 0.0869. The molecule has 0 aliphatic carbocycles. The number of piperidine rings is 1. The number of nitrogens with one attached hydrogen (secondary N) is 1. The molecule has 0 radical (unpaired) electrons. The molecule has 0 saturated carbocycles. The molecule has 150 valence electrons. The SMILES string of the molecule is COc1ccc(CNC(=O)N2CCCC(Oc3nccnc3N(C)C)C2)cc1. The summed E-state index contributed by atoms with van der Waals surface area (Å²) in [6.45, 7) is 1.72. The summed E-state index contributed by atoms with van der Waals surface area (Å²) in [4.78, 5) is 24.8.